The maximum Gasteiger partial charge on any atom is 0.255 e. The summed E-state index contributed by atoms with van der Waals surface area (Å²) < 4.78 is 0. The summed E-state index contributed by atoms with van der Waals surface area (Å²) in [4.78, 5) is 40.9. The van der Waals surface area contributed by atoms with Crippen molar-refractivity contribution >= 4 is 40.9 Å². The van der Waals surface area contributed by atoms with Gasteiger partial charge in [0.05, 0.1) is 5.75 Å². The van der Waals surface area contributed by atoms with Crippen LogP contribution in [0.15, 0.2) is 78.9 Å². The third-order valence-electron chi connectivity index (χ3n) is 6.42. The molecule has 0 unspecified atom stereocenters. The summed E-state index contributed by atoms with van der Waals surface area (Å²) in [6.07, 6.45) is 2.28. The van der Waals surface area contributed by atoms with Crippen molar-refractivity contribution in [3.63, 3.8) is 0 Å². The van der Waals surface area contributed by atoms with Crippen molar-refractivity contribution in [2.24, 2.45) is 0 Å². The minimum atomic E-state index is -0.197. The quantitative estimate of drug-likeness (QED) is 0.518. The van der Waals surface area contributed by atoms with Crippen LogP contribution in [0.25, 0.3) is 0 Å². The van der Waals surface area contributed by atoms with Gasteiger partial charge in [0.1, 0.15) is 5.37 Å². The topological polar surface area (TPSA) is 69.7 Å². The van der Waals surface area contributed by atoms with E-state index in [1.54, 1.807) is 28.8 Å². The lowest BCUT2D eigenvalue weighted by atomic mass is 10.1. The van der Waals surface area contributed by atoms with Gasteiger partial charge in [0.2, 0.25) is 11.8 Å². The van der Waals surface area contributed by atoms with Crippen molar-refractivity contribution in [2.45, 2.75) is 24.6 Å². The van der Waals surface area contributed by atoms with Gasteiger partial charge in [-0.05, 0) is 60.4 Å². The molecular weight excluding hydrogens is 458 g/mol. The van der Waals surface area contributed by atoms with Gasteiger partial charge in [0.25, 0.3) is 5.91 Å². The van der Waals surface area contributed by atoms with E-state index in [0.717, 1.165) is 30.6 Å². The number of anilines is 2. The molecule has 1 N–H and O–H groups in total. The zero-order chi connectivity index (χ0) is 24.2. The van der Waals surface area contributed by atoms with Crippen LogP contribution in [-0.4, -0.2) is 41.5 Å². The van der Waals surface area contributed by atoms with Crippen LogP contribution < -0.4 is 10.2 Å². The number of amides is 3. The molecule has 2 aliphatic heterocycles. The van der Waals surface area contributed by atoms with Crippen LogP contribution in [0.2, 0.25) is 0 Å². The fourth-order valence-corrected chi connectivity index (χ4v) is 5.73. The fraction of sp³-hybridized carbons (Fsp3) is 0.250. The number of rotatable bonds is 7. The number of carbonyl (C=O) groups excluding carboxylic acids is 3. The van der Waals surface area contributed by atoms with Gasteiger partial charge in [0, 0.05) is 36.4 Å². The Kier molecular flexibility index (Phi) is 6.86. The van der Waals surface area contributed by atoms with E-state index >= 15 is 0 Å². The van der Waals surface area contributed by atoms with E-state index in [9.17, 15) is 14.4 Å². The Morgan fingerprint density at radius 3 is 2.34 bits per heavy atom. The van der Waals surface area contributed by atoms with Gasteiger partial charge < -0.3 is 15.1 Å². The van der Waals surface area contributed by atoms with E-state index in [0.29, 0.717) is 30.0 Å². The number of benzene rings is 3. The lowest BCUT2D eigenvalue weighted by Crippen LogP contribution is -2.30. The SMILES string of the molecule is O=C(Nc1ccc(N2CCCC2=O)cc1)c1ccc([C@@H]2SCC(=O)N2CCc2ccccc2)cc1. The predicted octanol–water partition coefficient (Wildman–Crippen LogP) is 4.88. The highest BCUT2D eigenvalue weighted by Crippen LogP contribution is 2.38. The minimum Gasteiger partial charge on any atom is -0.326 e. The molecule has 2 aliphatic rings. The van der Waals surface area contributed by atoms with E-state index in [1.165, 1.54) is 5.56 Å². The molecule has 0 spiro atoms. The van der Waals surface area contributed by atoms with E-state index in [4.69, 9.17) is 0 Å². The number of hydrogen-bond donors (Lipinski definition) is 1. The van der Waals surface area contributed by atoms with Gasteiger partial charge in [-0.25, -0.2) is 0 Å². The Balaban J connectivity index is 1.21. The molecule has 3 amide bonds. The highest BCUT2D eigenvalue weighted by molar-refractivity contribution is 8.00. The second-order valence-corrected chi connectivity index (χ2v) is 9.83. The van der Waals surface area contributed by atoms with Gasteiger partial charge in [-0.3, -0.25) is 14.4 Å². The number of carbonyl (C=O) groups is 3. The van der Waals surface area contributed by atoms with Crippen LogP contribution in [0, 0.1) is 0 Å². The highest BCUT2D eigenvalue weighted by Gasteiger charge is 2.32. The Bertz CT molecular complexity index is 1210. The molecule has 5 rings (SSSR count). The fourth-order valence-electron chi connectivity index (χ4n) is 4.51. The number of thioether (sulfide) groups is 1. The standard InChI is InChI=1S/C28H27N3O3S/c32-25-7-4-17-30(25)24-14-12-23(13-15-24)29-27(34)21-8-10-22(11-9-21)28-31(26(33)19-35-28)18-16-20-5-2-1-3-6-20/h1-3,5-6,8-15,28H,4,7,16-19H2,(H,29,34)/t28-/m0/s1. The average molecular weight is 486 g/mol. The molecule has 0 aromatic heterocycles. The molecule has 2 heterocycles. The molecule has 7 heteroatoms. The second kappa shape index (κ2) is 10.4. The Morgan fingerprint density at radius 2 is 1.66 bits per heavy atom. The van der Waals surface area contributed by atoms with Crippen molar-refractivity contribution < 1.29 is 14.4 Å². The molecule has 1 atom stereocenters. The van der Waals surface area contributed by atoms with Crippen LogP contribution in [0.4, 0.5) is 11.4 Å². The van der Waals surface area contributed by atoms with Crippen LogP contribution in [0.3, 0.4) is 0 Å². The highest BCUT2D eigenvalue weighted by atomic mass is 32.2. The van der Waals surface area contributed by atoms with E-state index in [1.807, 2.05) is 59.5 Å². The lowest BCUT2D eigenvalue weighted by Gasteiger charge is -2.24. The molecule has 6 nitrogen and oxygen atoms in total. The van der Waals surface area contributed by atoms with Gasteiger partial charge >= 0.3 is 0 Å². The van der Waals surface area contributed by atoms with Crippen LogP contribution in [0.1, 0.15) is 39.7 Å². The maximum atomic E-state index is 12.8. The largest absolute Gasteiger partial charge is 0.326 e. The molecule has 35 heavy (non-hydrogen) atoms. The Hall–Kier alpha value is -3.58. The molecule has 3 aromatic carbocycles. The van der Waals surface area contributed by atoms with E-state index in [-0.39, 0.29) is 23.1 Å². The lowest BCUT2D eigenvalue weighted by molar-refractivity contribution is -0.128. The molecular formula is C28H27N3O3S. The van der Waals surface area contributed by atoms with Crippen molar-refractivity contribution in [2.75, 3.05) is 29.1 Å². The third kappa shape index (κ3) is 5.25. The van der Waals surface area contributed by atoms with Gasteiger partial charge in [-0.1, -0.05) is 42.5 Å². The first-order chi connectivity index (χ1) is 17.1. The van der Waals surface area contributed by atoms with Crippen LogP contribution >= 0.6 is 11.8 Å². The second-order valence-electron chi connectivity index (χ2n) is 8.76. The maximum absolute atomic E-state index is 12.8. The monoisotopic (exact) mass is 485 g/mol. The first-order valence-corrected chi connectivity index (χ1v) is 12.9. The van der Waals surface area contributed by atoms with Crippen LogP contribution in [0.5, 0.6) is 0 Å². The van der Waals surface area contributed by atoms with E-state index in [2.05, 4.69) is 17.4 Å². The average Bonchev–Trinajstić information content (AvgIpc) is 3.49. The summed E-state index contributed by atoms with van der Waals surface area (Å²) in [5.41, 5.74) is 4.32. The molecule has 0 saturated carbocycles. The Labute approximate surface area is 209 Å². The number of nitrogens with one attached hydrogen (secondary N) is 1. The van der Waals surface area contributed by atoms with Crippen LogP contribution in [-0.2, 0) is 16.0 Å². The van der Waals surface area contributed by atoms with Crippen molar-refractivity contribution in [1.82, 2.24) is 4.90 Å². The van der Waals surface area contributed by atoms with Gasteiger partial charge in [0.15, 0.2) is 0 Å². The molecule has 0 radical (unpaired) electrons. The van der Waals surface area contributed by atoms with E-state index < -0.39 is 0 Å². The molecule has 178 valence electrons. The first kappa shape index (κ1) is 23.2. The predicted molar refractivity (Wildman–Crippen MR) is 139 cm³/mol. The Morgan fingerprint density at radius 1 is 0.914 bits per heavy atom. The molecule has 2 saturated heterocycles. The normalized spacial score (nSPS) is 17.8. The molecule has 0 aliphatic carbocycles. The molecule has 3 aromatic rings. The van der Waals surface area contributed by atoms with Gasteiger partial charge in [-0.15, -0.1) is 11.8 Å². The molecule has 0 bridgehead atoms. The number of hydrogen-bond acceptors (Lipinski definition) is 4. The summed E-state index contributed by atoms with van der Waals surface area (Å²) in [6.45, 7) is 1.41. The number of nitrogens with zero attached hydrogens (tertiary/aromatic N) is 2. The summed E-state index contributed by atoms with van der Waals surface area (Å²) in [5.74, 6) is 0.567. The van der Waals surface area contributed by atoms with Crippen molar-refractivity contribution in [3.8, 4) is 0 Å². The van der Waals surface area contributed by atoms with Crippen molar-refractivity contribution in [3.05, 3.63) is 95.6 Å². The summed E-state index contributed by atoms with van der Waals surface area (Å²) >= 11 is 1.62. The third-order valence-corrected chi connectivity index (χ3v) is 7.68. The molecule has 2 fully saturated rings. The van der Waals surface area contributed by atoms with Gasteiger partial charge in [-0.2, -0.15) is 0 Å². The minimum absolute atomic E-state index is 0.0378. The smallest absolute Gasteiger partial charge is 0.255 e. The summed E-state index contributed by atoms with van der Waals surface area (Å²) in [5, 5.41) is 2.88. The zero-order valence-corrected chi connectivity index (χ0v) is 20.2. The van der Waals surface area contributed by atoms with Crippen molar-refractivity contribution in [1.29, 1.82) is 0 Å². The summed E-state index contributed by atoms with van der Waals surface area (Å²) in [6, 6.07) is 25.0. The summed E-state index contributed by atoms with van der Waals surface area (Å²) in [7, 11) is 0. The zero-order valence-electron chi connectivity index (χ0n) is 19.4. The first-order valence-electron chi connectivity index (χ1n) is 11.9.